The fraction of sp³-hybridized carbons (Fsp3) is 0.909. The summed E-state index contributed by atoms with van der Waals surface area (Å²) in [6.45, 7) is 8.25. The van der Waals surface area contributed by atoms with E-state index in [0.29, 0.717) is 19.5 Å². The van der Waals surface area contributed by atoms with E-state index in [1.165, 1.54) is 4.90 Å². The molecular formula is C11H24N2O3. The number of ether oxygens (including phenoxy) is 1. The highest BCUT2D eigenvalue weighted by Gasteiger charge is 2.22. The maximum atomic E-state index is 11.8. The van der Waals surface area contributed by atoms with Gasteiger partial charge in [-0.3, -0.25) is 0 Å². The molecule has 1 amide bonds. The van der Waals surface area contributed by atoms with Crippen molar-refractivity contribution in [1.82, 2.24) is 4.90 Å². The number of rotatable bonds is 5. The molecule has 0 rings (SSSR count). The fourth-order valence-corrected chi connectivity index (χ4v) is 1.19. The van der Waals surface area contributed by atoms with Crippen LogP contribution in [0.3, 0.4) is 0 Å². The summed E-state index contributed by atoms with van der Waals surface area (Å²) < 4.78 is 5.25. The molecule has 0 spiro atoms. The van der Waals surface area contributed by atoms with E-state index < -0.39 is 5.60 Å². The summed E-state index contributed by atoms with van der Waals surface area (Å²) in [5.74, 6) is 0. The summed E-state index contributed by atoms with van der Waals surface area (Å²) >= 11 is 0. The molecule has 0 saturated carbocycles. The summed E-state index contributed by atoms with van der Waals surface area (Å²) in [5.41, 5.74) is 5.15. The van der Waals surface area contributed by atoms with Gasteiger partial charge in [-0.15, -0.1) is 0 Å². The van der Waals surface area contributed by atoms with Gasteiger partial charge in [-0.25, -0.2) is 4.79 Å². The number of hydrogen-bond donors (Lipinski definition) is 2. The van der Waals surface area contributed by atoms with Crippen molar-refractivity contribution in [3.05, 3.63) is 0 Å². The SMILES string of the molecule is C[C@H](N)CN(CCCO)C(=O)OC(C)(C)C. The zero-order valence-corrected chi connectivity index (χ0v) is 10.7. The van der Waals surface area contributed by atoms with Crippen molar-refractivity contribution in [2.45, 2.75) is 45.8 Å². The molecule has 0 heterocycles. The van der Waals surface area contributed by atoms with Crippen molar-refractivity contribution in [1.29, 1.82) is 0 Å². The predicted molar refractivity (Wildman–Crippen MR) is 63.2 cm³/mol. The minimum absolute atomic E-state index is 0.0538. The van der Waals surface area contributed by atoms with Crippen LogP contribution in [0, 0.1) is 0 Å². The lowest BCUT2D eigenvalue weighted by Gasteiger charge is -2.28. The average molecular weight is 232 g/mol. The van der Waals surface area contributed by atoms with E-state index in [4.69, 9.17) is 15.6 Å². The quantitative estimate of drug-likeness (QED) is 0.740. The standard InChI is InChI=1S/C11H24N2O3/c1-9(12)8-13(6-5-7-14)10(15)16-11(2,3)4/h9,14H,5-8,12H2,1-4H3/t9-/m0/s1. The second kappa shape index (κ2) is 6.70. The molecule has 0 radical (unpaired) electrons. The highest BCUT2D eigenvalue weighted by atomic mass is 16.6. The molecule has 5 heteroatoms. The third kappa shape index (κ3) is 7.48. The van der Waals surface area contributed by atoms with Gasteiger partial charge in [0.05, 0.1) is 0 Å². The summed E-state index contributed by atoms with van der Waals surface area (Å²) in [6, 6.07) is -0.105. The molecule has 0 unspecified atom stereocenters. The zero-order chi connectivity index (χ0) is 12.8. The number of nitrogens with two attached hydrogens (primary N) is 1. The highest BCUT2D eigenvalue weighted by Crippen LogP contribution is 2.10. The van der Waals surface area contributed by atoms with Crippen molar-refractivity contribution < 1.29 is 14.6 Å². The summed E-state index contributed by atoms with van der Waals surface area (Å²) in [7, 11) is 0. The van der Waals surface area contributed by atoms with E-state index in [9.17, 15) is 4.79 Å². The average Bonchev–Trinajstić information content (AvgIpc) is 2.08. The molecule has 5 nitrogen and oxygen atoms in total. The van der Waals surface area contributed by atoms with Gasteiger partial charge >= 0.3 is 6.09 Å². The Balaban J connectivity index is 4.31. The smallest absolute Gasteiger partial charge is 0.410 e. The fourth-order valence-electron chi connectivity index (χ4n) is 1.19. The first-order valence-electron chi connectivity index (χ1n) is 5.60. The summed E-state index contributed by atoms with van der Waals surface area (Å²) in [4.78, 5) is 13.3. The highest BCUT2D eigenvalue weighted by molar-refractivity contribution is 5.68. The Morgan fingerprint density at radius 3 is 2.44 bits per heavy atom. The van der Waals surface area contributed by atoms with E-state index in [0.717, 1.165) is 0 Å². The van der Waals surface area contributed by atoms with Gasteiger partial charge in [0.15, 0.2) is 0 Å². The molecule has 0 bridgehead atoms. The molecule has 0 aromatic carbocycles. The topological polar surface area (TPSA) is 75.8 Å². The van der Waals surface area contributed by atoms with Crippen LogP contribution in [-0.2, 0) is 4.74 Å². The van der Waals surface area contributed by atoms with Crippen molar-refractivity contribution in [3.63, 3.8) is 0 Å². The zero-order valence-electron chi connectivity index (χ0n) is 10.7. The van der Waals surface area contributed by atoms with Crippen molar-refractivity contribution in [2.75, 3.05) is 19.7 Å². The molecule has 0 fully saturated rings. The Kier molecular flexibility index (Phi) is 6.36. The van der Waals surface area contributed by atoms with Crippen LogP contribution in [0.15, 0.2) is 0 Å². The van der Waals surface area contributed by atoms with Gasteiger partial charge in [0.2, 0.25) is 0 Å². The molecule has 0 aliphatic heterocycles. The van der Waals surface area contributed by atoms with Crippen LogP contribution in [0.1, 0.15) is 34.1 Å². The summed E-state index contributed by atoms with van der Waals surface area (Å²) in [5, 5.41) is 8.75. The molecular weight excluding hydrogens is 208 g/mol. The third-order valence-corrected chi connectivity index (χ3v) is 1.75. The van der Waals surface area contributed by atoms with Gasteiger partial charge in [-0.1, -0.05) is 0 Å². The Labute approximate surface area is 97.6 Å². The monoisotopic (exact) mass is 232 g/mol. The maximum Gasteiger partial charge on any atom is 0.410 e. The number of carbonyl (C=O) groups is 1. The lowest BCUT2D eigenvalue weighted by Crippen LogP contribution is -2.43. The Bertz CT molecular complexity index is 212. The van der Waals surface area contributed by atoms with Crippen molar-refractivity contribution >= 4 is 6.09 Å². The normalized spacial score (nSPS) is 13.4. The Morgan fingerprint density at radius 1 is 1.50 bits per heavy atom. The van der Waals surface area contributed by atoms with Crippen LogP contribution in [-0.4, -0.2) is 47.4 Å². The van der Waals surface area contributed by atoms with Crippen LogP contribution in [0.4, 0.5) is 4.79 Å². The number of aliphatic hydroxyl groups excluding tert-OH is 1. The Hall–Kier alpha value is -0.810. The van der Waals surface area contributed by atoms with Crippen molar-refractivity contribution in [3.8, 4) is 0 Å². The minimum Gasteiger partial charge on any atom is -0.444 e. The minimum atomic E-state index is -0.508. The number of aliphatic hydroxyl groups is 1. The van der Waals surface area contributed by atoms with Crippen LogP contribution >= 0.6 is 0 Å². The number of nitrogens with zero attached hydrogens (tertiary/aromatic N) is 1. The number of amides is 1. The largest absolute Gasteiger partial charge is 0.444 e. The van der Waals surface area contributed by atoms with Gasteiger partial charge in [-0.05, 0) is 34.1 Å². The van der Waals surface area contributed by atoms with Crippen LogP contribution in [0.5, 0.6) is 0 Å². The molecule has 0 aromatic heterocycles. The second-order valence-electron chi connectivity index (χ2n) is 4.98. The lowest BCUT2D eigenvalue weighted by molar-refractivity contribution is 0.0232. The van der Waals surface area contributed by atoms with E-state index >= 15 is 0 Å². The van der Waals surface area contributed by atoms with Crippen LogP contribution < -0.4 is 5.73 Å². The van der Waals surface area contributed by atoms with Crippen molar-refractivity contribution in [2.24, 2.45) is 5.73 Å². The first kappa shape index (κ1) is 15.2. The number of hydrogen-bond acceptors (Lipinski definition) is 4. The third-order valence-electron chi connectivity index (χ3n) is 1.75. The molecule has 0 aromatic rings. The van der Waals surface area contributed by atoms with Crippen LogP contribution in [0.25, 0.3) is 0 Å². The van der Waals surface area contributed by atoms with Gasteiger partial charge in [0.25, 0.3) is 0 Å². The lowest BCUT2D eigenvalue weighted by atomic mass is 10.2. The molecule has 0 aliphatic carbocycles. The molecule has 16 heavy (non-hydrogen) atoms. The van der Waals surface area contributed by atoms with Gasteiger partial charge in [0, 0.05) is 25.7 Å². The van der Waals surface area contributed by atoms with Crippen LogP contribution in [0.2, 0.25) is 0 Å². The van der Waals surface area contributed by atoms with E-state index in [-0.39, 0.29) is 18.7 Å². The van der Waals surface area contributed by atoms with E-state index in [1.807, 2.05) is 27.7 Å². The predicted octanol–water partition coefficient (Wildman–Crippen LogP) is 0.953. The molecule has 0 aliphatic rings. The first-order valence-corrected chi connectivity index (χ1v) is 5.60. The van der Waals surface area contributed by atoms with Gasteiger partial charge < -0.3 is 20.5 Å². The summed E-state index contributed by atoms with van der Waals surface area (Å²) in [6.07, 6.45) is 0.157. The van der Waals surface area contributed by atoms with Gasteiger partial charge in [-0.2, -0.15) is 0 Å². The van der Waals surface area contributed by atoms with E-state index in [1.54, 1.807) is 0 Å². The molecule has 0 saturated heterocycles. The maximum absolute atomic E-state index is 11.8. The molecule has 3 N–H and O–H groups in total. The first-order chi connectivity index (χ1) is 7.26. The molecule has 96 valence electrons. The second-order valence-corrected chi connectivity index (χ2v) is 4.98. The van der Waals surface area contributed by atoms with E-state index in [2.05, 4.69) is 0 Å². The Morgan fingerprint density at radius 2 is 2.06 bits per heavy atom. The molecule has 1 atom stereocenters. The van der Waals surface area contributed by atoms with Gasteiger partial charge in [0.1, 0.15) is 5.60 Å². The number of carbonyl (C=O) groups excluding carboxylic acids is 1.